The number of fused-ring (bicyclic) bond motifs is 2. The topological polar surface area (TPSA) is 339 Å². The number of carbonyl (C=O) groups is 3. The van der Waals surface area contributed by atoms with Gasteiger partial charge in [0, 0.05) is 88.4 Å². The number of hydrogen-bond donors (Lipinski definition) is 6. The van der Waals surface area contributed by atoms with Crippen LogP contribution >= 0.6 is 0 Å². The van der Waals surface area contributed by atoms with Gasteiger partial charge in [-0.2, -0.15) is 9.97 Å². The third-order valence-electron chi connectivity index (χ3n) is 16.4. The molecule has 27 nitrogen and oxygen atoms in total. The molecule has 6 aromatic rings. The van der Waals surface area contributed by atoms with Crippen LogP contribution in [0.2, 0.25) is 0 Å². The average Bonchev–Trinajstić information content (AvgIpc) is 1.64. The summed E-state index contributed by atoms with van der Waals surface area (Å²) in [6.07, 6.45) is 20.8. The van der Waals surface area contributed by atoms with Crippen LogP contribution in [-0.4, -0.2) is 189 Å². The maximum Gasteiger partial charge on any atom is 0.508 e. The molecule has 4 aliphatic heterocycles. The Bertz CT molecular complexity index is 3630. The number of piperidine rings is 2. The number of benzene rings is 2. The first-order chi connectivity index (χ1) is 44.6. The molecule has 0 aliphatic carbocycles. The third kappa shape index (κ3) is 18.3. The van der Waals surface area contributed by atoms with Gasteiger partial charge in [-0.05, 0) is 86.8 Å². The monoisotopic (exact) mass is 1270 g/mol. The number of rotatable bonds is 22. The molecule has 0 spiro atoms. The van der Waals surface area contributed by atoms with Crippen LogP contribution < -0.4 is 22.6 Å². The molecule has 4 aromatic heterocycles. The molecule has 92 heavy (non-hydrogen) atoms. The lowest BCUT2D eigenvalue weighted by Gasteiger charge is -2.38. The number of aliphatic hydroxyl groups is 2. The van der Waals surface area contributed by atoms with Crippen molar-refractivity contribution in [3.63, 3.8) is 0 Å². The van der Waals surface area contributed by atoms with Gasteiger partial charge in [-0.3, -0.25) is 38.5 Å². The zero-order valence-corrected chi connectivity index (χ0v) is 52.2. The second kappa shape index (κ2) is 33.8. The number of imidazole rings is 2. The summed E-state index contributed by atoms with van der Waals surface area (Å²) in [6, 6.07) is 15.6. The molecule has 4 saturated heterocycles. The smallest absolute Gasteiger partial charge is 0.445 e. The van der Waals surface area contributed by atoms with Crippen LogP contribution in [0.1, 0.15) is 113 Å². The highest BCUT2D eigenvalue weighted by Crippen LogP contribution is 2.35. The zero-order chi connectivity index (χ0) is 65.7. The molecule has 0 bridgehead atoms. The van der Waals surface area contributed by atoms with Gasteiger partial charge in [-0.1, -0.05) is 75.3 Å². The molecule has 492 valence electrons. The first kappa shape index (κ1) is 68.8. The predicted octanol–water partition coefficient (Wildman–Crippen LogP) is 5.98. The number of nitrogens with zero attached hydrogens (tertiary/aromatic N) is 10. The summed E-state index contributed by atoms with van der Waals surface area (Å²) in [7, 11) is 0. The number of aliphatic hydroxyl groups excluding tert-OH is 2. The summed E-state index contributed by atoms with van der Waals surface area (Å²) in [4.78, 5) is 91.1. The van der Waals surface area contributed by atoms with Gasteiger partial charge in [0.1, 0.15) is 38.4 Å². The number of carbonyl (C=O) groups excluding carboxylic acids is 3. The Morgan fingerprint density at radius 3 is 1.62 bits per heavy atom. The number of nitrogen functional groups attached to an aromatic ring is 2. The minimum atomic E-state index is -0.808. The van der Waals surface area contributed by atoms with Gasteiger partial charge in [0.15, 0.2) is 22.3 Å². The van der Waals surface area contributed by atoms with E-state index < -0.39 is 36.3 Å². The number of nitrogens with two attached hydrogens (primary N) is 2. The normalized spacial score (nSPS) is 21.1. The molecule has 4 aliphatic rings. The van der Waals surface area contributed by atoms with Crippen LogP contribution in [0, 0.1) is 24.7 Å². The van der Waals surface area contributed by atoms with Crippen LogP contribution in [0.4, 0.5) is 26.3 Å². The Labute approximate surface area is 533 Å². The van der Waals surface area contributed by atoms with Crippen molar-refractivity contribution in [1.29, 1.82) is 0 Å². The van der Waals surface area contributed by atoms with Crippen molar-refractivity contribution in [2.45, 2.75) is 140 Å². The maximum absolute atomic E-state index is 12.9. The first-order valence-electron chi connectivity index (χ1n) is 31.1. The molecule has 27 heteroatoms. The summed E-state index contributed by atoms with van der Waals surface area (Å²) in [6.45, 7) is 16.4. The van der Waals surface area contributed by atoms with Gasteiger partial charge >= 0.3 is 18.3 Å². The van der Waals surface area contributed by atoms with E-state index in [0.29, 0.717) is 77.3 Å². The van der Waals surface area contributed by atoms with Crippen molar-refractivity contribution >= 4 is 52.6 Å². The molecule has 10 rings (SSSR count). The Morgan fingerprint density at radius 1 is 0.707 bits per heavy atom. The van der Waals surface area contributed by atoms with Gasteiger partial charge in [0.2, 0.25) is 11.9 Å². The number of hydrogen-bond acceptors (Lipinski definition) is 21. The number of aromatic nitrogens is 8. The lowest BCUT2D eigenvalue weighted by molar-refractivity contribution is -0.0366. The average molecular weight is 1270 g/mol. The van der Waals surface area contributed by atoms with E-state index in [0.717, 1.165) is 67.2 Å². The van der Waals surface area contributed by atoms with Crippen LogP contribution in [0.5, 0.6) is 0 Å². The Morgan fingerprint density at radius 2 is 1.17 bits per heavy atom. The molecular formula is C65H84N14O13. The van der Waals surface area contributed by atoms with E-state index in [9.17, 15) is 34.2 Å². The zero-order valence-electron chi connectivity index (χ0n) is 52.2. The van der Waals surface area contributed by atoms with Gasteiger partial charge < -0.3 is 59.9 Å². The molecule has 8 N–H and O–H groups in total. The van der Waals surface area contributed by atoms with Gasteiger partial charge in [0.05, 0.1) is 37.6 Å². The Kier molecular flexibility index (Phi) is 25.3. The van der Waals surface area contributed by atoms with Crippen LogP contribution in [0.15, 0.2) is 96.1 Å². The van der Waals surface area contributed by atoms with Gasteiger partial charge in [-0.25, -0.2) is 24.4 Å². The van der Waals surface area contributed by atoms with Crippen molar-refractivity contribution in [2.24, 2.45) is 0 Å². The van der Waals surface area contributed by atoms with E-state index in [1.807, 2.05) is 67.3 Å². The van der Waals surface area contributed by atoms with Crippen molar-refractivity contribution in [3.8, 4) is 24.7 Å². The molecular weight excluding hydrogens is 1180 g/mol. The van der Waals surface area contributed by atoms with E-state index in [-0.39, 0.29) is 97.2 Å². The molecule has 0 radical (unpaired) electrons. The minimum Gasteiger partial charge on any atom is -0.445 e. The second-order valence-corrected chi connectivity index (χ2v) is 22.7. The number of nitrogens with one attached hydrogen (secondary N) is 2. The van der Waals surface area contributed by atoms with E-state index in [4.69, 9.17) is 52.7 Å². The fraction of sp³-hybridized carbons (Fsp3) is 0.492. The molecule has 4 fully saturated rings. The Hall–Kier alpha value is -9.09. The lowest BCUT2D eigenvalue weighted by atomic mass is 10.0. The highest BCUT2D eigenvalue weighted by atomic mass is 16.7. The molecule has 2 aromatic carbocycles. The molecule has 2 amide bonds. The first-order valence-corrected chi connectivity index (χ1v) is 31.1. The third-order valence-corrected chi connectivity index (χ3v) is 16.4. The van der Waals surface area contributed by atoms with Crippen LogP contribution in [0.25, 0.3) is 22.3 Å². The fourth-order valence-electron chi connectivity index (χ4n) is 11.8. The predicted molar refractivity (Wildman–Crippen MR) is 343 cm³/mol. The Balaban J connectivity index is 0.000000201. The number of likely N-dealkylation sites (tertiary alicyclic amines) is 2. The van der Waals surface area contributed by atoms with Crippen molar-refractivity contribution in [3.05, 3.63) is 129 Å². The van der Waals surface area contributed by atoms with Crippen molar-refractivity contribution in [1.82, 2.24) is 58.6 Å². The van der Waals surface area contributed by atoms with Crippen LogP contribution in [-0.2, 0) is 41.5 Å². The van der Waals surface area contributed by atoms with E-state index in [1.54, 1.807) is 26.2 Å². The highest BCUT2D eigenvalue weighted by molar-refractivity contribution is 5.72. The summed E-state index contributed by atoms with van der Waals surface area (Å²) in [5.74, 6) is 5.24. The lowest BCUT2D eigenvalue weighted by Crippen LogP contribution is -2.50. The molecule has 0 saturated carbocycles. The maximum atomic E-state index is 12.9. The number of anilines is 2. The van der Waals surface area contributed by atoms with E-state index >= 15 is 0 Å². The summed E-state index contributed by atoms with van der Waals surface area (Å²) in [5.41, 5.74) is 15.3. The number of terminal acetylenes is 2. The summed E-state index contributed by atoms with van der Waals surface area (Å²) in [5, 5.41) is 19.3. The number of H-pyrrole nitrogens is 2. The highest BCUT2D eigenvalue weighted by Gasteiger charge is 2.40. The molecule has 8 atom stereocenters. The largest absolute Gasteiger partial charge is 0.508 e. The standard InChI is InChI=1S/C33H41N7O7.C21H28N2O3.C11H15N5O3/c1-4-16-44-32(42)39-14-8-7-9-24(39)20-38(19-23-12-10-22(5-2)11-13-23)15-17-45-33(43)47-26-18-27(46-25(26)6-3)40-21-35-28-29(40)36-31(34)37-30(28)41;1-3-15-26-21(25)23-12-6-5-7-20(23)17-22(13-14-24)16-19-10-8-18(4-2)9-11-19;1-2-6-5(17)3-7(19-6)16-4-13-8-9(16)14-11(12)15-10(8)18/h2,4,10-13,21,24-27H,1,6-9,14-20H2,3H3,(H3,34,36,37,41);2-3,8-11,20,24H,1,5-7,12-17H2;4-7,17H,2-3H2,1H3,(H3,12,14,15,18)/t24?,25-,26?,27-;;5?,6-,7-/m1.1/s1. The number of amides is 2. The fourth-order valence-corrected chi connectivity index (χ4v) is 11.8. The molecule has 4 unspecified atom stereocenters. The van der Waals surface area contributed by atoms with E-state index in [2.05, 4.69) is 64.7 Å². The number of ether oxygens (including phenoxy) is 6. The molecule has 8 heterocycles. The SMILES string of the molecule is C#Cc1ccc(CN(CCO)CC2CCCCN2C(=O)OCC=C)cc1.C#Cc1ccc(CN(CCOC(=O)OC2C[C@H](n3cnc4c(=O)[nH]c(N)nc43)O[C@@H]2CC)CC2CCCCN2C(=O)OCC=C)cc1.CC[C@H]1O[C@@H](n2cnc3c(=O)[nH]c(N)nc32)CC1O. The van der Waals surface area contributed by atoms with Gasteiger partial charge in [-0.15, -0.1) is 12.8 Å². The summed E-state index contributed by atoms with van der Waals surface area (Å²) >= 11 is 0. The quantitative estimate of drug-likeness (QED) is 0.0197. The van der Waals surface area contributed by atoms with Gasteiger partial charge in [0.25, 0.3) is 11.1 Å². The summed E-state index contributed by atoms with van der Waals surface area (Å²) < 4.78 is 37.0. The van der Waals surface area contributed by atoms with Crippen molar-refractivity contribution in [2.75, 3.05) is 77.2 Å². The van der Waals surface area contributed by atoms with E-state index in [1.165, 1.54) is 12.7 Å². The van der Waals surface area contributed by atoms with Crippen molar-refractivity contribution < 1.29 is 53.0 Å². The second-order valence-electron chi connectivity index (χ2n) is 22.7. The minimum absolute atomic E-state index is 0.0323. The number of aromatic amines is 2. The van der Waals surface area contributed by atoms with Crippen LogP contribution in [0.3, 0.4) is 0 Å².